The van der Waals surface area contributed by atoms with Gasteiger partial charge >= 0.3 is 0 Å². The summed E-state index contributed by atoms with van der Waals surface area (Å²) in [6.45, 7) is 1.95. The standard InChI is InChI=1S/C10H14N2O2/c1-7-5-8(6-10(11)12-13)3-4-9(7)14-2/h3-5,13H,6H2,1-2H3,(H2,11,12). The van der Waals surface area contributed by atoms with E-state index in [4.69, 9.17) is 15.7 Å². The lowest BCUT2D eigenvalue weighted by molar-refractivity contribution is 0.317. The van der Waals surface area contributed by atoms with Crippen LogP contribution >= 0.6 is 0 Å². The Hall–Kier alpha value is -1.71. The summed E-state index contributed by atoms with van der Waals surface area (Å²) in [5.41, 5.74) is 7.43. The SMILES string of the molecule is COc1ccc(C/C(N)=N/O)cc1C. The molecule has 14 heavy (non-hydrogen) atoms. The highest BCUT2D eigenvalue weighted by atomic mass is 16.5. The first-order chi connectivity index (χ1) is 6.67. The van der Waals surface area contributed by atoms with Gasteiger partial charge in [-0.15, -0.1) is 0 Å². The molecule has 0 aromatic heterocycles. The van der Waals surface area contributed by atoms with E-state index in [0.29, 0.717) is 6.42 Å². The maximum absolute atomic E-state index is 8.40. The molecule has 0 heterocycles. The number of rotatable bonds is 3. The van der Waals surface area contributed by atoms with Gasteiger partial charge in [0.05, 0.1) is 7.11 Å². The van der Waals surface area contributed by atoms with E-state index in [0.717, 1.165) is 16.9 Å². The van der Waals surface area contributed by atoms with Crippen molar-refractivity contribution in [2.75, 3.05) is 7.11 Å². The molecule has 76 valence electrons. The van der Waals surface area contributed by atoms with Crippen molar-refractivity contribution in [3.8, 4) is 5.75 Å². The lowest BCUT2D eigenvalue weighted by Crippen LogP contribution is -2.14. The molecule has 0 amide bonds. The molecule has 0 aliphatic rings. The molecule has 0 spiro atoms. The zero-order chi connectivity index (χ0) is 10.6. The minimum atomic E-state index is 0.203. The average molecular weight is 194 g/mol. The van der Waals surface area contributed by atoms with Crippen LogP contribution in [0.3, 0.4) is 0 Å². The molecular formula is C10H14N2O2. The zero-order valence-corrected chi connectivity index (χ0v) is 8.32. The van der Waals surface area contributed by atoms with Crippen molar-refractivity contribution < 1.29 is 9.94 Å². The van der Waals surface area contributed by atoms with E-state index in [1.165, 1.54) is 0 Å². The van der Waals surface area contributed by atoms with Crippen molar-refractivity contribution >= 4 is 5.84 Å². The van der Waals surface area contributed by atoms with Crippen LogP contribution in [0.1, 0.15) is 11.1 Å². The van der Waals surface area contributed by atoms with E-state index in [1.807, 2.05) is 25.1 Å². The maximum Gasteiger partial charge on any atom is 0.143 e. The molecule has 3 N–H and O–H groups in total. The number of amidine groups is 1. The Labute approximate surface area is 83.0 Å². The molecular weight excluding hydrogens is 180 g/mol. The van der Waals surface area contributed by atoms with Gasteiger partial charge in [-0.2, -0.15) is 0 Å². The maximum atomic E-state index is 8.40. The van der Waals surface area contributed by atoms with Crippen LogP contribution in [0.25, 0.3) is 0 Å². The van der Waals surface area contributed by atoms with E-state index in [2.05, 4.69) is 5.16 Å². The van der Waals surface area contributed by atoms with E-state index < -0.39 is 0 Å². The molecule has 4 heteroatoms. The van der Waals surface area contributed by atoms with Crippen molar-refractivity contribution in [3.05, 3.63) is 29.3 Å². The van der Waals surface area contributed by atoms with Gasteiger partial charge in [0, 0.05) is 6.42 Å². The third kappa shape index (κ3) is 2.39. The Morgan fingerprint density at radius 3 is 2.79 bits per heavy atom. The third-order valence-corrected chi connectivity index (χ3v) is 1.97. The van der Waals surface area contributed by atoms with Crippen molar-refractivity contribution in [2.24, 2.45) is 10.9 Å². The quantitative estimate of drug-likeness (QED) is 0.330. The molecule has 0 aliphatic carbocycles. The summed E-state index contributed by atoms with van der Waals surface area (Å²) in [7, 11) is 1.63. The van der Waals surface area contributed by atoms with E-state index >= 15 is 0 Å². The van der Waals surface area contributed by atoms with Gasteiger partial charge in [0.1, 0.15) is 11.6 Å². The molecule has 0 saturated carbocycles. The molecule has 0 saturated heterocycles. The molecule has 1 aromatic carbocycles. The van der Waals surface area contributed by atoms with Crippen molar-refractivity contribution in [2.45, 2.75) is 13.3 Å². The second kappa shape index (κ2) is 4.50. The van der Waals surface area contributed by atoms with Gasteiger partial charge in [-0.3, -0.25) is 0 Å². The number of hydrogen-bond acceptors (Lipinski definition) is 3. The zero-order valence-electron chi connectivity index (χ0n) is 8.32. The van der Waals surface area contributed by atoms with Crippen LogP contribution in [-0.4, -0.2) is 18.2 Å². The highest BCUT2D eigenvalue weighted by Crippen LogP contribution is 2.18. The van der Waals surface area contributed by atoms with Gasteiger partial charge in [0.15, 0.2) is 0 Å². The van der Waals surface area contributed by atoms with Crippen molar-refractivity contribution in [3.63, 3.8) is 0 Å². The Morgan fingerprint density at radius 1 is 1.57 bits per heavy atom. The minimum Gasteiger partial charge on any atom is -0.496 e. The van der Waals surface area contributed by atoms with Crippen LogP contribution in [0.5, 0.6) is 5.75 Å². The average Bonchev–Trinajstić information content (AvgIpc) is 2.18. The Balaban J connectivity index is 2.86. The summed E-state index contributed by atoms with van der Waals surface area (Å²) in [4.78, 5) is 0. The molecule has 0 bridgehead atoms. The van der Waals surface area contributed by atoms with E-state index in [1.54, 1.807) is 7.11 Å². The van der Waals surface area contributed by atoms with E-state index in [9.17, 15) is 0 Å². The first-order valence-corrected chi connectivity index (χ1v) is 4.27. The predicted octanol–water partition coefficient (Wildman–Crippen LogP) is 1.29. The lowest BCUT2D eigenvalue weighted by atomic mass is 10.1. The van der Waals surface area contributed by atoms with Gasteiger partial charge in [0.2, 0.25) is 0 Å². The Bertz CT molecular complexity index is 348. The van der Waals surface area contributed by atoms with Gasteiger partial charge in [-0.1, -0.05) is 17.3 Å². The topological polar surface area (TPSA) is 67.8 Å². The fourth-order valence-corrected chi connectivity index (χ4v) is 1.29. The van der Waals surface area contributed by atoms with Crippen molar-refractivity contribution in [1.82, 2.24) is 0 Å². The Kier molecular flexibility index (Phi) is 3.34. The van der Waals surface area contributed by atoms with E-state index in [-0.39, 0.29) is 5.84 Å². The van der Waals surface area contributed by atoms with Crippen LogP contribution in [0, 0.1) is 6.92 Å². The van der Waals surface area contributed by atoms with Crippen LogP contribution in [0.15, 0.2) is 23.4 Å². The Morgan fingerprint density at radius 2 is 2.29 bits per heavy atom. The monoisotopic (exact) mass is 194 g/mol. The molecule has 0 aliphatic heterocycles. The highest BCUT2D eigenvalue weighted by molar-refractivity contribution is 5.82. The summed E-state index contributed by atoms with van der Waals surface area (Å²) in [6, 6.07) is 5.72. The van der Waals surface area contributed by atoms with Crippen LogP contribution in [0.2, 0.25) is 0 Å². The van der Waals surface area contributed by atoms with Gasteiger partial charge in [-0.05, 0) is 24.1 Å². The van der Waals surface area contributed by atoms with Crippen LogP contribution < -0.4 is 10.5 Å². The number of aryl methyl sites for hydroxylation is 1. The molecule has 4 nitrogen and oxygen atoms in total. The van der Waals surface area contributed by atoms with Gasteiger partial charge in [-0.25, -0.2) is 0 Å². The number of hydrogen-bond donors (Lipinski definition) is 2. The number of nitrogens with zero attached hydrogens (tertiary/aromatic N) is 1. The fraction of sp³-hybridized carbons (Fsp3) is 0.300. The molecule has 0 fully saturated rings. The summed E-state index contributed by atoms with van der Waals surface area (Å²) >= 11 is 0. The second-order valence-electron chi connectivity index (χ2n) is 3.07. The van der Waals surface area contributed by atoms with Crippen molar-refractivity contribution in [1.29, 1.82) is 0 Å². The normalized spacial score (nSPS) is 11.4. The number of benzene rings is 1. The van der Waals surface area contributed by atoms with Gasteiger partial charge < -0.3 is 15.7 Å². The lowest BCUT2D eigenvalue weighted by Gasteiger charge is -2.06. The third-order valence-electron chi connectivity index (χ3n) is 1.97. The number of methoxy groups -OCH3 is 1. The second-order valence-corrected chi connectivity index (χ2v) is 3.07. The summed E-state index contributed by atoms with van der Waals surface area (Å²) in [5.74, 6) is 1.04. The number of nitrogens with two attached hydrogens (primary N) is 1. The predicted molar refractivity (Wildman–Crippen MR) is 54.8 cm³/mol. The first kappa shape index (κ1) is 10.4. The highest BCUT2D eigenvalue weighted by Gasteiger charge is 2.01. The summed E-state index contributed by atoms with van der Waals surface area (Å²) < 4.78 is 5.12. The minimum absolute atomic E-state index is 0.203. The molecule has 1 aromatic rings. The number of oxime groups is 1. The molecule has 1 rings (SSSR count). The first-order valence-electron chi connectivity index (χ1n) is 4.27. The van der Waals surface area contributed by atoms with Gasteiger partial charge in [0.25, 0.3) is 0 Å². The largest absolute Gasteiger partial charge is 0.496 e. The molecule has 0 unspecified atom stereocenters. The van der Waals surface area contributed by atoms with Crippen LogP contribution in [-0.2, 0) is 6.42 Å². The summed E-state index contributed by atoms with van der Waals surface area (Å²) in [5, 5.41) is 11.3. The molecule has 0 radical (unpaired) electrons. The van der Waals surface area contributed by atoms with Crippen LogP contribution in [0.4, 0.5) is 0 Å². The number of ether oxygens (including phenoxy) is 1. The molecule has 0 atom stereocenters. The fourth-order valence-electron chi connectivity index (χ4n) is 1.29. The smallest absolute Gasteiger partial charge is 0.143 e. The summed E-state index contributed by atoms with van der Waals surface area (Å²) in [6.07, 6.45) is 0.446.